The van der Waals surface area contributed by atoms with Crippen LogP contribution in [-0.2, 0) is 12.0 Å². The molecule has 0 saturated carbocycles. The summed E-state index contributed by atoms with van der Waals surface area (Å²) in [6, 6.07) is 5.99. The van der Waals surface area contributed by atoms with Gasteiger partial charge in [0.25, 0.3) is 0 Å². The normalized spacial score (nSPS) is 21.2. The number of rotatable bonds is 0. The molecule has 1 heterocycles. The van der Waals surface area contributed by atoms with Crippen LogP contribution in [0.25, 0.3) is 0 Å². The standard InChI is InChI=1S/C13H18FN/c1-13(2,3)11-6-4-5-9-10(11)7-15-8-12(9)14/h4-6,12,15H,7-8H2,1-3H3/t12-/m0/s1. The van der Waals surface area contributed by atoms with Crippen molar-refractivity contribution in [3.8, 4) is 0 Å². The minimum Gasteiger partial charge on any atom is -0.309 e. The molecule has 0 radical (unpaired) electrons. The lowest BCUT2D eigenvalue weighted by Crippen LogP contribution is -2.29. The first kappa shape index (κ1) is 10.6. The highest BCUT2D eigenvalue weighted by atomic mass is 19.1. The molecule has 1 aromatic rings. The van der Waals surface area contributed by atoms with E-state index in [1.54, 1.807) is 0 Å². The third-order valence-corrected chi connectivity index (χ3v) is 2.98. The van der Waals surface area contributed by atoms with Gasteiger partial charge in [0, 0.05) is 13.1 Å². The van der Waals surface area contributed by atoms with Crippen molar-refractivity contribution >= 4 is 0 Å². The van der Waals surface area contributed by atoms with Gasteiger partial charge in [0.15, 0.2) is 0 Å². The van der Waals surface area contributed by atoms with E-state index in [0.29, 0.717) is 6.54 Å². The van der Waals surface area contributed by atoms with Crippen LogP contribution in [0.2, 0.25) is 0 Å². The monoisotopic (exact) mass is 207 g/mol. The Bertz CT molecular complexity index is 365. The molecule has 0 aliphatic carbocycles. The average Bonchev–Trinajstić information content (AvgIpc) is 2.16. The Hall–Kier alpha value is -0.890. The highest BCUT2D eigenvalue weighted by molar-refractivity contribution is 5.41. The van der Waals surface area contributed by atoms with E-state index >= 15 is 0 Å². The van der Waals surface area contributed by atoms with Gasteiger partial charge in [-0.05, 0) is 22.1 Å². The maximum absolute atomic E-state index is 13.7. The third-order valence-electron chi connectivity index (χ3n) is 2.98. The van der Waals surface area contributed by atoms with Crippen molar-refractivity contribution in [3.05, 3.63) is 34.9 Å². The largest absolute Gasteiger partial charge is 0.309 e. The lowest BCUT2D eigenvalue weighted by atomic mass is 9.80. The molecule has 1 aromatic carbocycles. The lowest BCUT2D eigenvalue weighted by Gasteiger charge is -2.29. The Kier molecular flexibility index (Phi) is 2.55. The van der Waals surface area contributed by atoms with E-state index in [2.05, 4.69) is 32.2 Å². The van der Waals surface area contributed by atoms with E-state index in [0.717, 1.165) is 17.7 Å². The van der Waals surface area contributed by atoms with Crippen LogP contribution in [-0.4, -0.2) is 6.54 Å². The second-order valence-electron chi connectivity index (χ2n) is 5.22. The summed E-state index contributed by atoms with van der Waals surface area (Å²) in [7, 11) is 0. The fourth-order valence-corrected chi connectivity index (χ4v) is 2.23. The minimum atomic E-state index is -0.851. The van der Waals surface area contributed by atoms with Gasteiger partial charge >= 0.3 is 0 Å². The average molecular weight is 207 g/mol. The van der Waals surface area contributed by atoms with Crippen LogP contribution in [0.1, 0.15) is 43.6 Å². The summed E-state index contributed by atoms with van der Waals surface area (Å²) >= 11 is 0. The van der Waals surface area contributed by atoms with Crippen LogP contribution in [0.5, 0.6) is 0 Å². The Labute approximate surface area is 90.7 Å². The van der Waals surface area contributed by atoms with Gasteiger partial charge in [-0.3, -0.25) is 0 Å². The number of hydrogen-bond donors (Lipinski definition) is 1. The highest BCUT2D eigenvalue weighted by Crippen LogP contribution is 2.33. The number of halogens is 1. The number of nitrogens with one attached hydrogen (secondary N) is 1. The van der Waals surface area contributed by atoms with E-state index in [-0.39, 0.29) is 5.41 Å². The molecule has 0 saturated heterocycles. The van der Waals surface area contributed by atoms with Crippen LogP contribution in [0, 0.1) is 0 Å². The summed E-state index contributed by atoms with van der Waals surface area (Å²) < 4.78 is 13.7. The fourth-order valence-electron chi connectivity index (χ4n) is 2.23. The van der Waals surface area contributed by atoms with Gasteiger partial charge in [0.2, 0.25) is 0 Å². The third kappa shape index (κ3) is 1.91. The van der Waals surface area contributed by atoms with Crippen molar-refractivity contribution < 1.29 is 4.39 Å². The zero-order valence-electron chi connectivity index (χ0n) is 9.60. The van der Waals surface area contributed by atoms with Crippen molar-refractivity contribution in [1.29, 1.82) is 0 Å². The van der Waals surface area contributed by atoms with Gasteiger partial charge in [-0.1, -0.05) is 39.0 Å². The maximum atomic E-state index is 13.7. The first-order valence-corrected chi connectivity index (χ1v) is 5.47. The molecule has 1 atom stereocenters. The van der Waals surface area contributed by atoms with E-state index in [4.69, 9.17) is 0 Å². The van der Waals surface area contributed by atoms with E-state index in [9.17, 15) is 4.39 Å². The van der Waals surface area contributed by atoms with Crippen molar-refractivity contribution in [1.82, 2.24) is 5.32 Å². The highest BCUT2D eigenvalue weighted by Gasteiger charge is 2.25. The Morgan fingerprint density at radius 2 is 2.07 bits per heavy atom. The van der Waals surface area contributed by atoms with Gasteiger partial charge in [-0.15, -0.1) is 0 Å². The molecule has 2 heteroatoms. The van der Waals surface area contributed by atoms with Crippen LogP contribution < -0.4 is 5.32 Å². The molecule has 0 unspecified atom stereocenters. The first-order chi connectivity index (χ1) is 7.00. The molecular weight excluding hydrogens is 189 g/mol. The zero-order valence-corrected chi connectivity index (χ0v) is 9.60. The molecule has 0 amide bonds. The van der Waals surface area contributed by atoms with Gasteiger partial charge < -0.3 is 5.32 Å². The second kappa shape index (κ2) is 3.60. The van der Waals surface area contributed by atoms with Gasteiger partial charge in [-0.2, -0.15) is 0 Å². The molecule has 1 N–H and O–H groups in total. The maximum Gasteiger partial charge on any atom is 0.138 e. The molecule has 2 rings (SSSR count). The SMILES string of the molecule is CC(C)(C)c1cccc2c1CNC[C@@H]2F. The molecule has 0 spiro atoms. The molecule has 1 nitrogen and oxygen atoms in total. The molecule has 1 aliphatic rings. The van der Waals surface area contributed by atoms with Crippen molar-refractivity contribution in [2.75, 3.05) is 6.54 Å². The summed E-state index contributed by atoms with van der Waals surface area (Å²) in [5.41, 5.74) is 3.38. The smallest absolute Gasteiger partial charge is 0.138 e. The predicted octanol–water partition coefficient (Wildman–Crippen LogP) is 3.10. The first-order valence-electron chi connectivity index (χ1n) is 5.47. The van der Waals surface area contributed by atoms with E-state index < -0.39 is 6.17 Å². The molecule has 82 valence electrons. The Morgan fingerprint density at radius 1 is 1.33 bits per heavy atom. The van der Waals surface area contributed by atoms with Crippen molar-refractivity contribution in [3.63, 3.8) is 0 Å². The number of fused-ring (bicyclic) bond motifs is 1. The van der Waals surface area contributed by atoms with Gasteiger partial charge in [-0.25, -0.2) is 4.39 Å². The van der Waals surface area contributed by atoms with E-state index in [1.807, 2.05) is 12.1 Å². The molecule has 0 fully saturated rings. The summed E-state index contributed by atoms with van der Waals surface area (Å²) in [5, 5.41) is 3.13. The summed E-state index contributed by atoms with van der Waals surface area (Å²) in [5.74, 6) is 0. The Morgan fingerprint density at radius 3 is 2.73 bits per heavy atom. The molecule has 0 bridgehead atoms. The number of hydrogen-bond acceptors (Lipinski definition) is 1. The molecule has 1 aliphatic heterocycles. The zero-order chi connectivity index (χ0) is 11.1. The van der Waals surface area contributed by atoms with Crippen molar-refractivity contribution in [2.24, 2.45) is 0 Å². The molecular formula is C13H18FN. The molecule has 15 heavy (non-hydrogen) atoms. The summed E-state index contributed by atoms with van der Waals surface area (Å²) in [6.45, 7) is 7.75. The summed E-state index contributed by atoms with van der Waals surface area (Å²) in [4.78, 5) is 0. The Balaban J connectivity index is 2.54. The minimum absolute atomic E-state index is 0.0874. The van der Waals surface area contributed by atoms with Crippen LogP contribution in [0.3, 0.4) is 0 Å². The topological polar surface area (TPSA) is 12.0 Å². The quantitative estimate of drug-likeness (QED) is 0.689. The fraction of sp³-hybridized carbons (Fsp3) is 0.538. The molecule has 0 aromatic heterocycles. The van der Waals surface area contributed by atoms with E-state index in [1.165, 1.54) is 5.56 Å². The lowest BCUT2D eigenvalue weighted by molar-refractivity contribution is 0.308. The van der Waals surface area contributed by atoms with Crippen molar-refractivity contribution in [2.45, 2.75) is 38.9 Å². The van der Waals surface area contributed by atoms with Crippen LogP contribution >= 0.6 is 0 Å². The van der Waals surface area contributed by atoms with Crippen LogP contribution in [0.4, 0.5) is 4.39 Å². The summed E-state index contributed by atoms with van der Waals surface area (Å²) in [6.07, 6.45) is -0.851. The number of alkyl halides is 1. The van der Waals surface area contributed by atoms with Crippen LogP contribution in [0.15, 0.2) is 18.2 Å². The second-order valence-corrected chi connectivity index (χ2v) is 5.22. The van der Waals surface area contributed by atoms with Gasteiger partial charge in [0.1, 0.15) is 6.17 Å². The number of benzene rings is 1. The van der Waals surface area contributed by atoms with Gasteiger partial charge in [0.05, 0.1) is 0 Å². The predicted molar refractivity (Wildman–Crippen MR) is 60.7 cm³/mol.